The lowest BCUT2D eigenvalue weighted by Gasteiger charge is -2.11. The van der Waals surface area contributed by atoms with Gasteiger partial charge in [0.05, 0.1) is 10.5 Å². The Morgan fingerprint density at radius 2 is 1.71 bits per heavy atom. The maximum Gasteiger partial charge on any atom is 0.312 e. The molecule has 6 nitrogen and oxygen atoms in total. The molecule has 0 saturated carbocycles. The lowest BCUT2D eigenvalue weighted by Crippen LogP contribution is -2.12. The van der Waals surface area contributed by atoms with E-state index in [-0.39, 0.29) is 23.0 Å². The molecule has 3 N–H and O–H groups in total. The van der Waals surface area contributed by atoms with Gasteiger partial charge in [-0.2, -0.15) is 0 Å². The molecule has 0 atom stereocenters. The highest BCUT2D eigenvalue weighted by molar-refractivity contribution is 9.10. The largest absolute Gasteiger partial charge is 0.449 e. The van der Waals surface area contributed by atoms with Gasteiger partial charge in [0, 0.05) is 15.0 Å². The fourth-order valence-electron chi connectivity index (χ4n) is 1.64. The maximum atomic E-state index is 11.1. The Hall–Kier alpha value is -1.93. The first-order chi connectivity index (χ1) is 9.88. The summed E-state index contributed by atoms with van der Waals surface area (Å²) in [4.78, 5) is 10.5. The van der Waals surface area contributed by atoms with Crippen LogP contribution in [0, 0.1) is 15.5 Å². The van der Waals surface area contributed by atoms with E-state index in [4.69, 9.17) is 15.9 Å². The third-order valence-corrected chi connectivity index (χ3v) is 3.56. The van der Waals surface area contributed by atoms with Crippen LogP contribution in [0.15, 0.2) is 45.3 Å². The number of hydrogen-bond donors (Lipinski definition) is 2. The second-order valence-corrected chi connectivity index (χ2v) is 5.86. The molecule has 0 bridgehead atoms. The number of ether oxygens (including phenoxy) is 1. The summed E-state index contributed by atoms with van der Waals surface area (Å²) in [5.74, 6) is 0.162. The molecular formula is C13H9Br2N3O3. The number of nitrogens with zero attached hydrogens (tertiary/aromatic N) is 1. The molecule has 21 heavy (non-hydrogen) atoms. The average Bonchev–Trinajstić information content (AvgIpc) is 2.42. The lowest BCUT2D eigenvalue weighted by molar-refractivity contribution is -0.385. The number of nitrogens with two attached hydrogens (primary N) is 1. The van der Waals surface area contributed by atoms with E-state index in [9.17, 15) is 10.1 Å². The molecule has 0 amide bonds. The van der Waals surface area contributed by atoms with Gasteiger partial charge in [-0.15, -0.1) is 0 Å². The molecule has 0 aromatic heterocycles. The number of halogens is 2. The van der Waals surface area contributed by atoms with Crippen molar-refractivity contribution in [2.45, 2.75) is 0 Å². The fourth-order valence-corrected chi connectivity index (χ4v) is 2.35. The van der Waals surface area contributed by atoms with Crippen molar-refractivity contribution in [1.29, 1.82) is 5.41 Å². The van der Waals surface area contributed by atoms with E-state index in [2.05, 4.69) is 31.9 Å². The summed E-state index contributed by atoms with van der Waals surface area (Å²) in [5, 5.41) is 18.6. The van der Waals surface area contributed by atoms with Crippen LogP contribution >= 0.6 is 31.9 Å². The summed E-state index contributed by atoms with van der Waals surface area (Å²) in [7, 11) is 0. The zero-order chi connectivity index (χ0) is 15.6. The molecule has 108 valence electrons. The van der Waals surface area contributed by atoms with Crippen LogP contribution in [-0.4, -0.2) is 10.8 Å². The van der Waals surface area contributed by atoms with Crippen molar-refractivity contribution < 1.29 is 9.66 Å². The normalized spacial score (nSPS) is 10.2. The second kappa shape index (κ2) is 6.23. The van der Waals surface area contributed by atoms with Crippen molar-refractivity contribution in [1.82, 2.24) is 0 Å². The summed E-state index contributed by atoms with van der Waals surface area (Å²) < 4.78 is 6.87. The van der Waals surface area contributed by atoms with E-state index in [1.807, 2.05) is 0 Å². The minimum absolute atomic E-state index is 0.0769. The summed E-state index contributed by atoms with van der Waals surface area (Å²) in [6.45, 7) is 0. The van der Waals surface area contributed by atoms with Crippen LogP contribution in [0.5, 0.6) is 11.5 Å². The highest BCUT2D eigenvalue weighted by atomic mass is 79.9. The Bertz CT molecular complexity index is 673. The second-order valence-electron chi connectivity index (χ2n) is 4.03. The Morgan fingerprint density at radius 3 is 2.29 bits per heavy atom. The fraction of sp³-hybridized carbons (Fsp3) is 0. The van der Waals surface area contributed by atoms with Crippen molar-refractivity contribution >= 4 is 43.4 Å². The zero-order valence-corrected chi connectivity index (χ0v) is 13.6. The van der Waals surface area contributed by atoms with Crippen molar-refractivity contribution in [3.8, 4) is 11.5 Å². The van der Waals surface area contributed by atoms with Gasteiger partial charge in [0.2, 0.25) is 5.75 Å². The monoisotopic (exact) mass is 413 g/mol. The van der Waals surface area contributed by atoms with Gasteiger partial charge in [0.25, 0.3) is 0 Å². The quantitative estimate of drug-likeness (QED) is 0.338. The predicted molar refractivity (Wildman–Crippen MR) is 86.0 cm³/mol. The molecule has 0 aliphatic rings. The lowest BCUT2D eigenvalue weighted by atomic mass is 10.2. The SMILES string of the molecule is N=C(N)c1cc(Br)ccc1Oc1ccc(Br)cc1[N+](=O)[O-]. The first-order valence-corrected chi connectivity index (χ1v) is 7.23. The highest BCUT2D eigenvalue weighted by Gasteiger charge is 2.18. The van der Waals surface area contributed by atoms with Crippen LogP contribution in [0.3, 0.4) is 0 Å². The zero-order valence-electron chi connectivity index (χ0n) is 10.5. The van der Waals surface area contributed by atoms with Gasteiger partial charge in [-0.05, 0) is 30.3 Å². The summed E-state index contributed by atoms with van der Waals surface area (Å²) in [5.41, 5.74) is 5.67. The number of rotatable bonds is 4. The molecule has 0 aliphatic heterocycles. The summed E-state index contributed by atoms with van der Waals surface area (Å²) in [6, 6.07) is 9.37. The molecule has 0 saturated heterocycles. The van der Waals surface area contributed by atoms with Crippen molar-refractivity contribution in [2.75, 3.05) is 0 Å². The molecule has 8 heteroatoms. The van der Waals surface area contributed by atoms with Crippen molar-refractivity contribution in [3.05, 3.63) is 61.0 Å². The number of benzene rings is 2. The first-order valence-electron chi connectivity index (χ1n) is 5.64. The van der Waals surface area contributed by atoms with Gasteiger partial charge in [-0.25, -0.2) is 0 Å². The molecule has 2 rings (SSSR count). The Labute approximate surface area is 136 Å². The van der Waals surface area contributed by atoms with E-state index in [1.165, 1.54) is 12.1 Å². The van der Waals surface area contributed by atoms with Gasteiger partial charge >= 0.3 is 5.69 Å². The Morgan fingerprint density at radius 1 is 1.14 bits per heavy atom. The number of nitrogen functional groups attached to an aromatic ring is 1. The third kappa shape index (κ3) is 3.59. The molecule has 0 aliphatic carbocycles. The molecule has 0 fully saturated rings. The highest BCUT2D eigenvalue weighted by Crippen LogP contribution is 2.35. The van der Waals surface area contributed by atoms with E-state index in [0.29, 0.717) is 10.0 Å². The Balaban J connectivity index is 2.48. The maximum absolute atomic E-state index is 11.1. The molecule has 2 aromatic carbocycles. The first kappa shape index (κ1) is 15.5. The number of amidine groups is 1. The molecule has 0 heterocycles. The number of hydrogen-bond acceptors (Lipinski definition) is 4. The molecule has 0 spiro atoms. The van der Waals surface area contributed by atoms with Gasteiger partial charge in [0.1, 0.15) is 11.6 Å². The van der Waals surface area contributed by atoms with Crippen molar-refractivity contribution in [2.24, 2.45) is 5.73 Å². The number of nitro groups is 1. The van der Waals surface area contributed by atoms with E-state index in [0.717, 1.165) is 4.47 Å². The predicted octanol–water partition coefficient (Wildman–Crippen LogP) is 4.20. The van der Waals surface area contributed by atoms with Gasteiger partial charge in [-0.1, -0.05) is 31.9 Å². The van der Waals surface area contributed by atoms with Crippen LogP contribution < -0.4 is 10.5 Å². The topological polar surface area (TPSA) is 102 Å². The molecule has 2 aromatic rings. The minimum Gasteiger partial charge on any atom is -0.449 e. The third-order valence-electron chi connectivity index (χ3n) is 2.57. The van der Waals surface area contributed by atoms with Crippen LogP contribution in [-0.2, 0) is 0 Å². The number of nitro benzene ring substituents is 1. The van der Waals surface area contributed by atoms with Crippen LogP contribution in [0.1, 0.15) is 5.56 Å². The number of nitrogens with one attached hydrogen (secondary N) is 1. The molecule has 0 radical (unpaired) electrons. The molecule has 0 unspecified atom stereocenters. The van der Waals surface area contributed by atoms with E-state index >= 15 is 0 Å². The van der Waals surface area contributed by atoms with E-state index in [1.54, 1.807) is 24.3 Å². The molecular weight excluding hydrogens is 406 g/mol. The minimum atomic E-state index is -0.535. The van der Waals surface area contributed by atoms with Crippen molar-refractivity contribution in [3.63, 3.8) is 0 Å². The summed E-state index contributed by atoms with van der Waals surface area (Å²) >= 11 is 6.45. The van der Waals surface area contributed by atoms with Gasteiger partial charge in [-0.3, -0.25) is 15.5 Å². The standard InChI is InChI=1S/C13H9Br2N3O3/c14-7-1-3-11(9(5-7)13(16)17)21-12-4-2-8(15)6-10(12)18(19)20/h1-6H,(H3,16,17). The van der Waals surface area contributed by atoms with Crippen LogP contribution in [0.4, 0.5) is 5.69 Å². The van der Waals surface area contributed by atoms with Gasteiger partial charge in [0.15, 0.2) is 0 Å². The Kier molecular flexibility index (Phi) is 4.59. The average molecular weight is 415 g/mol. The summed E-state index contributed by atoms with van der Waals surface area (Å²) in [6.07, 6.45) is 0. The van der Waals surface area contributed by atoms with E-state index < -0.39 is 4.92 Å². The van der Waals surface area contributed by atoms with Gasteiger partial charge < -0.3 is 10.5 Å². The van der Waals surface area contributed by atoms with Crippen LogP contribution in [0.2, 0.25) is 0 Å². The smallest absolute Gasteiger partial charge is 0.312 e. The van der Waals surface area contributed by atoms with Crippen LogP contribution in [0.25, 0.3) is 0 Å².